The van der Waals surface area contributed by atoms with Gasteiger partial charge in [0.15, 0.2) is 0 Å². The van der Waals surface area contributed by atoms with Gasteiger partial charge in [0.25, 0.3) is 5.56 Å². The Morgan fingerprint density at radius 3 is 2.53 bits per heavy atom. The third-order valence-corrected chi connectivity index (χ3v) is 7.21. The number of benzene rings is 1. The molecule has 1 aromatic carbocycles. The minimum absolute atomic E-state index is 0.0970. The van der Waals surface area contributed by atoms with Gasteiger partial charge in [0.05, 0.1) is 20.4 Å². The predicted molar refractivity (Wildman–Crippen MR) is 120 cm³/mol. The summed E-state index contributed by atoms with van der Waals surface area (Å²) in [6.45, 7) is 10.1. The van der Waals surface area contributed by atoms with Crippen molar-refractivity contribution in [2.45, 2.75) is 66.1 Å². The van der Waals surface area contributed by atoms with E-state index >= 15 is 0 Å². The van der Waals surface area contributed by atoms with Crippen molar-refractivity contribution in [1.82, 2.24) is 14.5 Å². The summed E-state index contributed by atoms with van der Waals surface area (Å²) in [6.07, 6.45) is 4.44. The third-order valence-electron chi connectivity index (χ3n) is 7.21. The van der Waals surface area contributed by atoms with Crippen LogP contribution in [0, 0.1) is 18.8 Å². The van der Waals surface area contributed by atoms with Gasteiger partial charge < -0.3 is 4.74 Å². The van der Waals surface area contributed by atoms with Crippen molar-refractivity contribution in [1.29, 1.82) is 0 Å². The van der Waals surface area contributed by atoms with Crippen LogP contribution in [0.15, 0.2) is 29.1 Å². The first-order valence-electron chi connectivity index (χ1n) is 11.2. The first-order valence-corrected chi connectivity index (χ1v) is 11.2. The van der Waals surface area contributed by atoms with Gasteiger partial charge in [-0.05, 0) is 55.9 Å². The maximum atomic E-state index is 13.4. The standard InChI is InChI=1S/C24H34N4O2/c1-6-21-18(4)25-24-27(19-10-12-20(30-5)13-11-19)14-26(15-28(24)23(21)29)22-9-7-8-16(2)17(22)3/h10-13,16-17,22H,6-9,14-15H2,1-5H3. The fourth-order valence-electron chi connectivity index (χ4n) is 5.14. The average Bonchev–Trinajstić information content (AvgIpc) is 2.76. The quantitative estimate of drug-likeness (QED) is 0.751. The molecule has 0 bridgehead atoms. The molecule has 6 heteroatoms. The first kappa shape index (κ1) is 20.9. The number of rotatable bonds is 4. The van der Waals surface area contributed by atoms with Crippen LogP contribution in [0.25, 0.3) is 0 Å². The highest BCUT2D eigenvalue weighted by Crippen LogP contribution is 2.36. The summed E-state index contributed by atoms with van der Waals surface area (Å²) in [6, 6.07) is 8.51. The molecule has 0 radical (unpaired) electrons. The summed E-state index contributed by atoms with van der Waals surface area (Å²) >= 11 is 0. The van der Waals surface area contributed by atoms with Gasteiger partial charge in [-0.25, -0.2) is 4.98 Å². The molecule has 4 rings (SSSR count). The molecule has 0 amide bonds. The van der Waals surface area contributed by atoms with Crippen molar-refractivity contribution in [3.63, 3.8) is 0 Å². The summed E-state index contributed by atoms with van der Waals surface area (Å²) in [7, 11) is 1.68. The Morgan fingerprint density at radius 1 is 1.13 bits per heavy atom. The van der Waals surface area contributed by atoms with Gasteiger partial charge in [0.1, 0.15) is 5.75 Å². The molecule has 0 saturated heterocycles. The van der Waals surface area contributed by atoms with Crippen LogP contribution in [-0.4, -0.2) is 34.3 Å². The molecule has 0 N–H and O–H groups in total. The van der Waals surface area contributed by atoms with Crippen LogP contribution < -0.4 is 15.2 Å². The smallest absolute Gasteiger partial charge is 0.259 e. The number of anilines is 2. The largest absolute Gasteiger partial charge is 0.497 e. The molecule has 2 aliphatic rings. The van der Waals surface area contributed by atoms with Gasteiger partial charge in [-0.3, -0.25) is 19.2 Å². The maximum Gasteiger partial charge on any atom is 0.259 e. The number of ether oxygens (including phenoxy) is 1. The van der Waals surface area contributed by atoms with Crippen molar-refractivity contribution >= 4 is 11.6 Å². The lowest BCUT2D eigenvalue weighted by Crippen LogP contribution is -2.54. The van der Waals surface area contributed by atoms with Crippen molar-refractivity contribution in [2.75, 3.05) is 18.7 Å². The van der Waals surface area contributed by atoms with E-state index in [-0.39, 0.29) is 5.56 Å². The minimum atomic E-state index is 0.0970. The van der Waals surface area contributed by atoms with Crippen molar-refractivity contribution in [3.8, 4) is 5.75 Å². The Morgan fingerprint density at radius 2 is 1.87 bits per heavy atom. The maximum absolute atomic E-state index is 13.4. The molecule has 0 spiro atoms. The summed E-state index contributed by atoms with van der Waals surface area (Å²) in [5.41, 5.74) is 2.78. The Kier molecular flexibility index (Phi) is 5.87. The number of hydrogen-bond acceptors (Lipinski definition) is 5. The van der Waals surface area contributed by atoms with Gasteiger partial charge in [-0.2, -0.15) is 0 Å². The van der Waals surface area contributed by atoms with Crippen LogP contribution in [0.2, 0.25) is 0 Å². The molecule has 1 aliphatic heterocycles. The van der Waals surface area contributed by atoms with E-state index in [4.69, 9.17) is 9.72 Å². The van der Waals surface area contributed by atoms with Gasteiger partial charge in [-0.15, -0.1) is 0 Å². The topological polar surface area (TPSA) is 50.6 Å². The molecule has 2 heterocycles. The van der Waals surface area contributed by atoms with E-state index in [1.807, 2.05) is 30.5 Å². The monoisotopic (exact) mass is 410 g/mol. The number of aryl methyl sites for hydroxylation is 1. The zero-order valence-electron chi connectivity index (χ0n) is 18.9. The number of methoxy groups -OCH3 is 1. The molecule has 6 nitrogen and oxygen atoms in total. The van der Waals surface area contributed by atoms with Crippen LogP contribution in [0.1, 0.15) is 51.3 Å². The SMILES string of the molecule is CCc1c(C)nc2n(c1=O)CN(C1CCCC(C)C1C)CN2c1ccc(OC)cc1. The fourth-order valence-corrected chi connectivity index (χ4v) is 5.14. The van der Waals surface area contributed by atoms with Crippen LogP contribution >= 0.6 is 0 Å². The molecule has 1 aromatic heterocycles. The minimum Gasteiger partial charge on any atom is -0.497 e. The zero-order valence-corrected chi connectivity index (χ0v) is 18.9. The van der Waals surface area contributed by atoms with Crippen LogP contribution in [0.4, 0.5) is 11.6 Å². The van der Waals surface area contributed by atoms with E-state index in [9.17, 15) is 4.79 Å². The molecule has 3 unspecified atom stereocenters. The zero-order chi connectivity index (χ0) is 21.4. The Bertz CT molecular complexity index is 953. The Balaban J connectivity index is 1.79. The van der Waals surface area contributed by atoms with Crippen molar-refractivity contribution in [3.05, 3.63) is 45.9 Å². The molecule has 1 saturated carbocycles. The van der Waals surface area contributed by atoms with Gasteiger partial charge >= 0.3 is 0 Å². The summed E-state index contributed by atoms with van der Waals surface area (Å²) in [4.78, 5) is 22.9. The van der Waals surface area contributed by atoms with Crippen LogP contribution in [0.5, 0.6) is 5.75 Å². The highest BCUT2D eigenvalue weighted by atomic mass is 16.5. The van der Waals surface area contributed by atoms with Gasteiger partial charge in [0, 0.05) is 23.0 Å². The molecule has 1 aliphatic carbocycles. The van der Waals surface area contributed by atoms with E-state index in [0.717, 1.165) is 35.3 Å². The second-order valence-electron chi connectivity index (χ2n) is 8.89. The molecular weight excluding hydrogens is 376 g/mol. The van der Waals surface area contributed by atoms with E-state index in [2.05, 4.69) is 35.8 Å². The van der Waals surface area contributed by atoms with Crippen LogP contribution in [-0.2, 0) is 13.1 Å². The van der Waals surface area contributed by atoms with E-state index in [1.54, 1.807) is 7.11 Å². The fraction of sp³-hybridized carbons (Fsp3) is 0.583. The lowest BCUT2D eigenvalue weighted by Gasteiger charge is -2.46. The molecule has 30 heavy (non-hydrogen) atoms. The van der Waals surface area contributed by atoms with Crippen molar-refractivity contribution < 1.29 is 4.74 Å². The van der Waals surface area contributed by atoms with Crippen LogP contribution in [0.3, 0.4) is 0 Å². The normalized spacial score (nSPS) is 24.6. The summed E-state index contributed by atoms with van der Waals surface area (Å²) < 4.78 is 7.22. The summed E-state index contributed by atoms with van der Waals surface area (Å²) in [5.74, 6) is 2.88. The van der Waals surface area contributed by atoms with E-state index in [1.165, 1.54) is 19.3 Å². The molecule has 162 valence electrons. The second kappa shape index (κ2) is 8.42. The second-order valence-corrected chi connectivity index (χ2v) is 8.89. The highest BCUT2D eigenvalue weighted by molar-refractivity contribution is 5.59. The molecule has 3 atom stereocenters. The summed E-state index contributed by atoms with van der Waals surface area (Å²) in [5, 5.41) is 0. The lowest BCUT2D eigenvalue weighted by atomic mass is 9.77. The third kappa shape index (κ3) is 3.62. The Hall–Kier alpha value is -2.34. The molecule has 2 aromatic rings. The first-order chi connectivity index (χ1) is 14.4. The van der Waals surface area contributed by atoms with E-state index < -0.39 is 0 Å². The number of aromatic nitrogens is 2. The molecule has 1 fully saturated rings. The average molecular weight is 411 g/mol. The highest BCUT2D eigenvalue weighted by Gasteiger charge is 2.36. The lowest BCUT2D eigenvalue weighted by molar-refractivity contribution is 0.0491. The number of nitrogens with zero attached hydrogens (tertiary/aromatic N) is 4. The predicted octanol–water partition coefficient (Wildman–Crippen LogP) is 4.32. The molecular formula is C24H34N4O2. The van der Waals surface area contributed by atoms with Gasteiger partial charge in [-0.1, -0.05) is 33.6 Å². The Labute approximate surface area is 179 Å². The van der Waals surface area contributed by atoms with E-state index in [0.29, 0.717) is 31.0 Å². The number of hydrogen-bond donors (Lipinski definition) is 0. The van der Waals surface area contributed by atoms with Gasteiger partial charge in [0.2, 0.25) is 5.95 Å². The van der Waals surface area contributed by atoms with Crippen molar-refractivity contribution in [2.24, 2.45) is 11.8 Å². The number of fused-ring (bicyclic) bond motifs is 1.